The molecule has 2 heterocycles. The van der Waals surface area contributed by atoms with E-state index in [0.29, 0.717) is 17.9 Å². The van der Waals surface area contributed by atoms with E-state index in [0.717, 1.165) is 11.3 Å². The van der Waals surface area contributed by atoms with Crippen LogP contribution in [0, 0.1) is 0 Å². The topological polar surface area (TPSA) is 71.1 Å². The maximum absolute atomic E-state index is 12.6. The van der Waals surface area contributed by atoms with Gasteiger partial charge in [0.2, 0.25) is 0 Å². The molecule has 0 radical (unpaired) electrons. The summed E-state index contributed by atoms with van der Waals surface area (Å²) in [5.74, 6) is 0.505. The fourth-order valence-corrected chi connectivity index (χ4v) is 2.85. The minimum atomic E-state index is -0.488. The van der Waals surface area contributed by atoms with Crippen molar-refractivity contribution < 1.29 is 19.2 Å². The first-order valence-corrected chi connectivity index (χ1v) is 7.42. The zero-order valence-electron chi connectivity index (χ0n) is 13.3. The largest absolute Gasteiger partial charge is 0.497 e. The highest BCUT2D eigenvalue weighted by atomic mass is 16.7. The Balaban J connectivity index is 1.99. The minimum Gasteiger partial charge on any atom is -0.497 e. The Hall–Kier alpha value is -2.54. The summed E-state index contributed by atoms with van der Waals surface area (Å²) in [5, 5.41) is 4.17. The van der Waals surface area contributed by atoms with Crippen molar-refractivity contribution in [3.8, 4) is 5.75 Å². The summed E-state index contributed by atoms with van der Waals surface area (Å²) in [6, 6.07) is 6.57. The predicted molar refractivity (Wildman–Crippen MR) is 82.4 cm³/mol. The lowest BCUT2D eigenvalue weighted by Gasteiger charge is -2.31. The molecule has 7 heteroatoms. The predicted octanol–water partition coefficient (Wildman–Crippen LogP) is 1.44. The summed E-state index contributed by atoms with van der Waals surface area (Å²) in [5.41, 5.74) is 2.05. The summed E-state index contributed by atoms with van der Waals surface area (Å²) < 4.78 is 5.15. The Morgan fingerprint density at radius 3 is 2.57 bits per heavy atom. The van der Waals surface area contributed by atoms with Crippen LogP contribution in [0.4, 0.5) is 4.79 Å². The third-order valence-electron chi connectivity index (χ3n) is 4.06. The van der Waals surface area contributed by atoms with E-state index in [1.165, 1.54) is 9.96 Å². The molecular formula is C16H19N3O4. The molecule has 0 aliphatic carbocycles. The number of ether oxygens (including phenoxy) is 1. The van der Waals surface area contributed by atoms with Gasteiger partial charge in [-0.2, -0.15) is 0 Å². The molecule has 0 spiro atoms. The molecule has 1 N–H and O–H groups in total. The normalized spacial score (nSPS) is 20.7. The first-order chi connectivity index (χ1) is 11.1. The zero-order chi connectivity index (χ0) is 16.6. The number of urea groups is 1. The van der Waals surface area contributed by atoms with Crippen molar-refractivity contribution in [3.05, 3.63) is 41.1 Å². The lowest BCUT2D eigenvalue weighted by molar-refractivity contribution is -0.174. The average molecular weight is 317 g/mol. The van der Waals surface area contributed by atoms with Crippen LogP contribution < -0.4 is 10.1 Å². The van der Waals surface area contributed by atoms with Crippen LogP contribution in [0.5, 0.6) is 5.75 Å². The first-order valence-electron chi connectivity index (χ1n) is 7.42. The summed E-state index contributed by atoms with van der Waals surface area (Å²) >= 11 is 0. The zero-order valence-corrected chi connectivity index (χ0v) is 13.3. The van der Waals surface area contributed by atoms with Gasteiger partial charge in [-0.15, -0.1) is 0 Å². The van der Waals surface area contributed by atoms with Crippen molar-refractivity contribution in [3.63, 3.8) is 0 Å². The number of amides is 3. The standard InChI is InChI=1S/C16H19N3O4/c1-4-23-19-9-12-13(15(19)20)14(17-16(21)18(12)2)10-5-7-11(22-3)8-6-10/h5-8,14H,4,9H2,1-3H3,(H,17,21). The number of likely N-dealkylation sites (N-methyl/N-ethyl adjacent to an activating group) is 1. The third kappa shape index (κ3) is 2.53. The number of carbonyl (C=O) groups excluding carboxylic acids is 2. The molecule has 2 aliphatic heterocycles. The van der Waals surface area contributed by atoms with Crippen LogP contribution in [0.1, 0.15) is 18.5 Å². The molecule has 1 aromatic carbocycles. The summed E-state index contributed by atoms with van der Waals surface area (Å²) in [7, 11) is 3.24. The minimum absolute atomic E-state index is 0.213. The van der Waals surface area contributed by atoms with Gasteiger partial charge in [-0.1, -0.05) is 12.1 Å². The Morgan fingerprint density at radius 2 is 1.96 bits per heavy atom. The van der Waals surface area contributed by atoms with Crippen LogP contribution in [0.25, 0.3) is 0 Å². The lowest BCUT2D eigenvalue weighted by atomic mass is 9.96. The molecule has 122 valence electrons. The van der Waals surface area contributed by atoms with Crippen LogP contribution in [-0.4, -0.2) is 49.2 Å². The molecule has 1 aromatic rings. The maximum Gasteiger partial charge on any atom is 0.322 e. The molecule has 0 fully saturated rings. The van der Waals surface area contributed by atoms with E-state index in [1.54, 1.807) is 26.3 Å². The van der Waals surface area contributed by atoms with Crippen LogP contribution in [0.2, 0.25) is 0 Å². The number of hydrogen-bond donors (Lipinski definition) is 1. The summed E-state index contributed by atoms with van der Waals surface area (Å²) in [4.78, 5) is 31.7. The Bertz CT molecular complexity index is 668. The average Bonchev–Trinajstić information content (AvgIpc) is 2.89. The molecule has 7 nitrogen and oxygen atoms in total. The van der Waals surface area contributed by atoms with Crippen molar-refractivity contribution in [1.82, 2.24) is 15.3 Å². The molecule has 3 amide bonds. The highest BCUT2D eigenvalue weighted by molar-refractivity contribution is 6.00. The van der Waals surface area contributed by atoms with Crippen molar-refractivity contribution in [1.29, 1.82) is 0 Å². The number of nitrogens with one attached hydrogen (secondary N) is 1. The van der Waals surface area contributed by atoms with Gasteiger partial charge in [0.25, 0.3) is 5.91 Å². The second-order valence-corrected chi connectivity index (χ2v) is 5.33. The van der Waals surface area contributed by atoms with Crippen LogP contribution in [-0.2, 0) is 9.63 Å². The number of methoxy groups -OCH3 is 1. The quantitative estimate of drug-likeness (QED) is 0.912. The van der Waals surface area contributed by atoms with Gasteiger partial charge >= 0.3 is 6.03 Å². The molecule has 0 aromatic heterocycles. The lowest BCUT2D eigenvalue weighted by Crippen LogP contribution is -2.45. The van der Waals surface area contributed by atoms with Crippen molar-refractivity contribution in [2.45, 2.75) is 13.0 Å². The maximum atomic E-state index is 12.6. The van der Waals surface area contributed by atoms with E-state index in [4.69, 9.17) is 9.57 Å². The Morgan fingerprint density at radius 1 is 1.26 bits per heavy atom. The molecule has 23 heavy (non-hydrogen) atoms. The van der Waals surface area contributed by atoms with E-state index in [9.17, 15) is 9.59 Å². The molecular weight excluding hydrogens is 298 g/mol. The molecule has 2 aliphatic rings. The van der Waals surface area contributed by atoms with Gasteiger partial charge in [0.05, 0.1) is 37.6 Å². The summed E-state index contributed by atoms with van der Waals surface area (Å²) in [6.45, 7) is 2.49. The van der Waals surface area contributed by atoms with E-state index < -0.39 is 6.04 Å². The number of hydrogen-bond acceptors (Lipinski definition) is 4. The fraction of sp³-hybridized carbons (Fsp3) is 0.375. The fourth-order valence-electron chi connectivity index (χ4n) is 2.85. The second-order valence-electron chi connectivity index (χ2n) is 5.33. The first kappa shape index (κ1) is 15.4. The van der Waals surface area contributed by atoms with Gasteiger partial charge in [0.15, 0.2) is 0 Å². The summed E-state index contributed by atoms with van der Waals surface area (Å²) in [6.07, 6.45) is 0. The van der Waals surface area contributed by atoms with Crippen molar-refractivity contribution in [2.24, 2.45) is 0 Å². The van der Waals surface area contributed by atoms with Gasteiger partial charge < -0.3 is 10.1 Å². The van der Waals surface area contributed by atoms with Crippen molar-refractivity contribution in [2.75, 3.05) is 27.3 Å². The molecule has 0 saturated heterocycles. The van der Waals surface area contributed by atoms with Gasteiger partial charge in [-0.25, -0.2) is 9.86 Å². The number of hydroxylamine groups is 2. The highest BCUT2D eigenvalue weighted by Crippen LogP contribution is 2.36. The third-order valence-corrected chi connectivity index (χ3v) is 4.06. The molecule has 0 saturated carbocycles. The highest BCUT2D eigenvalue weighted by Gasteiger charge is 2.43. The van der Waals surface area contributed by atoms with Crippen molar-refractivity contribution >= 4 is 11.9 Å². The van der Waals surface area contributed by atoms with Crippen LogP contribution >= 0.6 is 0 Å². The molecule has 3 rings (SSSR count). The van der Waals surface area contributed by atoms with Crippen LogP contribution in [0.15, 0.2) is 35.5 Å². The van der Waals surface area contributed by atoms with Gasteiger partial charge in [0.1, 0.15) is 5.75 Å². The number of nitrogens with zero attached hydrogens (tertiary/aromatic N) is 2. The monoisotopic (exact) mass is 317 g/mol. The van der Waals surface area contributed by atoms with Crippen LogP contribution in [0.3, 0.4) is 0 Å². The second kappa shape index (κ2) is 5.92. The van der Waals surface area contributed by atoms with E-state index in [1.807, 2.05) is 19.1 Å². The Labute approximate surface area is 134 Å². The Kier molecular flexibility index (Phi) is 3.96. The molecule has 1 atom stereocenters. The van der Waals surface area contributed by atoms with E-state index in [-0.39, 0.29) is 18.5 Å². The van der Waals surface area contributed by atoms with Gasteiger partial charge in [-0.05, 0) is 24.6 Å². The van der Waals surface area contributed by atoms with E-state index >= 15 is 0 Å². The molecule has 1 unspecified atom stereocenters. The van der Waals surface area contributed by atoms with Gasteiger partial charge in [-0.3, -0.25) is 14.5 Å². The molecule has 0 bridgehead atoms. The number of carbonyl (C=O) groups is 2. The number of benzene rings is 1. The van der Waals surface area contributed by atoms with Gasteiger partial charge in [0, 0.05) is 7.05 Å². The smallest absolute Gasteiger partial charge is 0.322 e. The SMILES string of the molecule is CCON1CC2=C(C1=O)C(c1ccc(OC)cc1)NC(=O)N2C. The van der Waals surface area contributed by atoms with E-state index in [2.05, 4.69) is 5.32 Å². The number of rotatable bonds is 4.